The molecule has 0 spiro atoms. The first-order valence-electron chi connectivity index (χ1n) is 6.10. The Hall–Kier alpha value is -0.280. The minimum absolute atomic E-state index is 0.0467. The highest BCUT2D eigenvalue weighted by molar-refractivity contribution is 6.18. The number of hydrogen-bond acceptors (Lipinski definition) is 2. The SMILES string of the molecule is CC(CCl)CCCNC(=O)C1CCOC1C. The number of hydrogen-bond donors (Lipinski definition) is 1. The predicted octanol–water partition coefficient (Wildman–Crippen LogP) is 2.18. The molecule has 1 heterocycles. The van der Waals surface area contributed by atoms with Gasteiger partial charge in [-0.3, -0.25) is 4.79 Å². The summed E-state index contributed by atoms with van der Waals surface area (Å²) < 4.78 is 5.37. The Bertz CT molecular complexity index is 223. The topological polar surface area (TPSA) is 38.3 Å². The van der Waals surface area contributed by atoms with Crippen molar-refractivity contribution in [2.45, 2.75) is 39.2 Å². The maximum atomic E-state index is 11.8. The van der Waals surface area contributed by atoms with Crippen LogP contribution in [0.2, 0.25) is 0 Å². The molecule has 0 aromatic heterocycles. The minimum Gasteiger partial charge on any atom is -0.378 e. The fourth-order valence-corrected chi connectivity index (χ4v) is 2.10. The summed E-state index contributed by atoms with van der Waals surface area (Å²) >= 11 is 5.71. The second-order valence-electron chi connectivity index (χ2n) is 4.66. The van der Waals surface area contributed by atoms with Gasteiger partial charge in [0.05, 0.1) is 12.0 Å². The summed E-state index contributed by atoms with van der Waals surface area (Å²) in [6, 6.07) is 0. The fraction of sp³-hybridized carbons (Fsp3) is 0.917. The molecule has 16 heavy (non-hydrogen) atoms. The zero-order valence-electron chi connectivity index (χ0n) is 10.2. The summed E-state index contributed by atoms with van der Waals surface area (Å²) in [7, 11) is 0. The van der Waals surface area contributed by atoms with Crippen LogP contribution in [0.3, 0.4) is 0 Å². The van der Waals surface area contributed by atoms with E-state index in [0.29, 0.717) is 18.4 Å². The summed E-state index contributed by atoms with van der Waals surface area (Å²) in [5.41, 5.74) is 0. The smallest absolute Gasteiger partial charge is 0.225 e. The van der Waals surface area contributed by atoms with Crippen molar-refractivity contribution in [3.05, 3.63) is 0 Å². The summed E-state index contributed by atoms with van der Waals surface area (Å²) in [6.45, 7) is 5.56. The average Bonchev–Trinajstić information content (AvgIpc) is 2.70. The first-order chi connectivity index (χ1) is 7.65. The molecule has 3 nitrogen and oxygen atoms in total. The summed E-state index contributed by atoms with van der Waals surface area (Å²) in [5, 5.41) is 2.97. The van der Waals surface area contributed by atoms with Gasteiger partial charge < -0.3 is 10.1 Å². The molecule has 4 heteroatoms. The Labute approximate surface area is 103 Å². The lowest BCUT2D eigenvalue weighted by Gasteiger charge is -2.14. The van der Waals surface area contributed by atoms with Gasteiger partial charge in [-0.15, -0.1) is 11.6 Å². The van der Waals surface area contributed by atoms with Gasteiger partial charge in [-0.2, -0.15) is 0 Å². The molecule has 0 saturated carbocycles. The summed E-state index contributed by atoms with van der Waals surface area (Å²) in [4.78, 5) is 11.8. The Morgan fingerprint density at radius 1 is 1.62 bits per heavy atom. The van der Waals surface area contributed by atoms with E-state index in [2.05, 4.69) is 12.2 Å². The van der Waals surface area contributed by atoms with Gasteiger partial charge in [-0.25, -0.2) is 0 Å². The van der Waals surface area contributed by atoms with Crippen LogP contribution in [0.15, 0.2) is 0 Å². The molecule has 3 atom stereocenters. The molecule has 0 bridgehead atoms. The lowest BCUT2D eigenvalue weighted by atomic mass is 10.0. The van der Waals surface area contributed by atoms with Crippen molar-refractivity contribution in [2.24, 2.45) is 11.8 Å². The quantitative estimate of drug-likeness (QED) is 0.577. The van der Waals surface area contributed by atoms with Crippen LogP contribution >= 0.6 is 11.6 Å². The largest absolute Gasteiger partial charge is 0.378 e. The minimum atomic E-state index is 0.0467. The second kappa shape index (κ2) is 7.13. The van der Waals surface area contributed by atoms with Crippen molar-refractivity contribution in [3.8, 4) is 0 Å². The van der Waals surface area contributed by atoms with Gasteiger partial charge in [-0.1, -0.05) is 6.92 Å². The van der Waals surface area contributed by atoms with E-state index in [9.17, 15) is 4.79 Å². The molecule has 3 unspecified atom stereocenters. The summed E-state index contributed by atoms with van der Waals surface area (Å²) in [6.07, 6.45) is 2.99. The number of halogens is 1. The molecule has 94 valence electrons. The van der Waals surface area contributed by atoms with Gasteiger partial charge in [0.2, 0.25) is 5.91 Å². The van der Waals surface area contributed by atoms with E-state index in [-0.39, 0.29) is 17.9 Å². The van der Waals surface area contributed by atoms with Crippen molar-refractivity contribution in [3.63, 3.8) is 0 Å². The van der Waals surface area contributed by atoms with Crippen molar-refractivity contribution < 1.29 is 9.53 Å². The lowest BCUT2D eigenvalue weighted by Crippen LogP contribution is -2.34. The van der Waals surface area contributed by atoms with E-state index in [1.165, 1.54) is 0 Å². The van der Waals surface area contributed by atoms with E-state index >= 15 is 0 Å². The molecule has 1 aliphatic heterocycles. The van der Waals surface area contributed by atoms with Crippen LogP contribution in [-0.2, 0) is 9.53 Å². The summed E-state index contributed by atoms with van der Waals surface area (Å²) in [5.74, 6) is 1.42. The maximum absolute atomic E-state index is 11.8. The molecule has 1 rings (SSSR count). The zero-order valence-corrected chi connectivity index (χ0v) is 10.9. The molecule has 1 saturated heterocycles. The van der Waals surface area contributed by atoms with E-state index in [4.69, 9.17) is 16.3 Å². The lowest BCUT2D eigenvalue weighted by molar-refractivity contribution is -0.126. The maximum Gasteiger partial charge on any atom is 0.225 e. The van der Waals surface area contributed by atoms with E-state index in [0.717, 1.165) is 25.8 Å². The van der Waals surface area contributed by atoms with Crippen LogP contribution in [0.4, 0.5) is 0 Å². The van der Waals surface area contributed by atoms with Crippen molar-refractivity contribution in [1.29, 1.82) is 0 Å². The van der Waals surface area contributed by atoms with E-state index in [1.807, 2.05) is 6.92 Å². The molecule has 1 amide bonds. The number of alkyl halides is 1. The van der Waals surface area contributed by atoms with Crippen LogP contribution in [-0.4, -0.2) is 31.0 Å². The number of carbonyl (C=O) groups is 1. The van der Waals surface area contributed by atoms with Crippen LogP contribution < -0.4 is 5.32 Å². The third kappa shape index (κ3) is 4.30. The van der Waals surface area contributed by atoms with Crippen LogP contribution in [0.1, 0.15) is 33.1 Å². The Morgan fingerprint density at radius 2 is 2.38 bits per heavy atom. The van der Waals surface area contributed by atoms with Gasteiger partial charge >= 0.3 is 0 Å². The normalized spacial score (nSPS) is 26.7. The zero-order chi connectivity index (χ0) is 12.0. The van der Waals surface area contributed by atoms with Crippen LogP contribution in [0, 0.1) is 11.8 Å². The first-order valence-corrected chi connectivity index (χ1v) is 6.64. The number of nitrogens with one attached hydrogen (secondary N) is 1. The van der Waals surface area contributed by atoms with E-state index in [1.54, 1.807) is 0 Å². The number of carbonyl (C=O) groups excluding carboxylic acids is 1. The highest BCUT2D eigenvalue weighted by atomic mass is 35.5. The molecular weight excluding hydrogens is 226 g/mol. The first kappa shape index (κ1) is 13.8. The van der Waals surface area contributed by atoms with Gasteiger partial charge in [-0.05, 0) is 32.1 Å². The molecule has 1 fully saturated rings. The number of rotatable bonds is 6. The third-order valence-electron chi connectivity index (χ3n) is 3.15. The van der Waals surface area contributed by atoms with Gasteiger partial charge in [0.25, 0.3) is 0 Å². The van der Waals surface area contributed by atoms with Gasteiger partial charge in [0.1, 0.15) is 0 Å². The Morgan fingerprint density at radius 3 is 2.94 bits per heavy atom. The monoisotopic (exact) mass is 247 g/mol. The van der Waals surface area contributed by atoms with Crippen LogP contribution in [0.5, 0.6) is 0 Å². The van der Waals surface area contributed by atoms with Crippen molar-refractivity contribution >= 4 is 17.5 Å². The predicted molar refractivity (Wildman–Crippen MR) is 65.6 cm³/mol. The third-order valence-corrected chi connectivity index (χ3v) is 3.68. The van der Waals surface area contributed by atoms with Crippen molar-refractivity contribution in [1.82, 2.24) is 5.32 Å². The highest BCUT2D eigenvalue weighted by Gasteiger charge is 2.30. The van der Waals surface area contributed by atoms with Gasteiger partial charge in [0.15, 0.2) is 0 Å². The van der Waals surface area contributed by atoms with Gasteiger partial charge in [0, 0.05) is 19.0 Å². The number of ether oxygens (including phenoxy) is 1. The molecule has 0 aliphatic carbocycles. The molecule has 1 aliphatic rings. The fourth-order valence-electron chi connectivity index (χ4n) is 1.95. The highest BCUT2D eigenvalue weighted by Crippen LogP contribution is 2.20. The second-order valence-corrected chi connectivity index (χ2v) is 4.97. The average molecular weight is 248 g/mol. The molecule has 0 aromatic carbocycles. The van der Waals surface area contributed by atoms with Crippen molar-refractivity contribution in [2.75, 3.05) is 19.0 Å². The molecule has 1 N–H and O–H groups in total. The molecule has 0 aromatic rings. The van der Waals surface area contributed by atoms with Crippen LogP contribution in [0.25, 0.3) is 0 Å². The standard InChI is InChI=1S/C12H22ClNO2/c1-9(8-13)4-3-6-14-12(15)11-5-7-16-10(11)2/h9-11H,3-8H2,1-2H3,(H,14,15). The van der Waals surface area contributed by atoms with E-state index < -0.39 is 0 Å². The Kier molecular flexibility index (Phi) is 6.14. The molecular formula is C12H22ClNO2. The molecule has 0 radical (unpaired) electrons. The number of amides is 1. The Balaban J connectivity index is 2.10.